The molecule has 2 atom stereocenters. The highest BCUT2D eigenvalue weighted by Crippen LogP contribution is 2.12. The number of rotatable bonds is 3. The highest BCUT2D eigenvalue weighted by atomic mass is 16.5. The van der Waals surface area contributed by atoms with Gasteiger partial charge in [-0.25, -0.2) is 0 Å². The zero-order valence-electron chi connectivity index (χ0n) is 10.4. The molecule has 0 aliphatic carbocycles. The quantitative estimate of drug-likeness (QED) is 0.744. The van der Waals surface area contributed by atoms with Crippen LogP contribution in [0.2, 0.25) is 0 Å². The molecular weight excluding hydrogens is 202 g/mol. The molecule has 0 amide bonds. The van der Waals surface area contributed by atoms with Crippen LogP contribution >= 0.6 is 0 Å². The van der Waals surface area contributed by atoms with Gasteiger partial charge in [-0.15, -0.1) is 0 Å². The summed E-state index contributed by atoms with van der Waals surface area (Å²) in [5.74, 6) is 0. The summed E-state index contributed by atoms with van der Waals surface area (Å²) >= 11 is 0. The number of nitrogens with zero attached hydrogens (tertiary/aromatic N) is 2. The van der Waals surface area contributed by atoms with Crippen molar-refractivity contribution >= 4 is 0 Å². The van der Waals surface area contributed by atoms with Crippen LogP contribution in [0.5, 0.6) is 0 Å². The molecule has 94 valence electrons. The number of morpholine rings is 1. The second kappa shape index (κ2) is 5.96. The van der Waals surface area contributed by atoms with Crippen molar-refractivity contribution in [3.63, 3.8) is 0 Å². The van der Waals surface area contributed by atoms with Gasteiger partial charge in [0.25, 0.3) is 0 Å². The monoisotopic (exact) mass is 227 g/mol. The first-order valence-electron chi connectivity index (χ1n) is 6.60. The van der Waals surface area contributed by atoms with Crippen molar-refractivity contribution in [2.24, 2.45) is 5.73 Å². The van der Waals surface area contributed by atoms with Crippen molar-refractivity contribution in [1.29, 1.82) is 0 Å². The summed E-state index contributed by atoms with van der Waals surface area (Å²) < 4.78 is 5.82. The van der Waals surface area contributed by atoms with Gasteiger partial charge in [0, 0.05) is 32.2 Å². The smallest absolute Gasteiger partial charge is 0.0829 e. The van der Waals surface area contributed by atoms with E-state index in [0.29, 0.717) is 12.1 Å². The third-order valence-corrected chi connectivity index (χ3v) is 3.67. The van der Waals surface area contributed by atoms with Gasteiger partial charge in [0.2, 0.25) is 0 Å². The maximum Gasteiger partial charge on any atom is 0.0829 e. The van der Waals surface area contributed by atoms with Crippen molar-refractivity contribution in [3.8, 4) is 0 Å². The van der Waals surface area contributed by atoms with Gasteiger partial charge in [-0.1, -0.05) is 6.92 Å². The van der Waals surface area contributed by atoms with E-state index in [4.69, 9.17) is 10.5 Å². The van der Waals surface area contributed by atoms with Crippen LogP contribution in [-0.2, 0) is 4.74 Å². The van der Waals surface area contributed by atoms with Crippen LogP contribution in [-0.4, -0.2) is 67.8 Å². The molecule has 0 spiro atoms. The Morgan fingerprint density at radius 3 is 2.88 bits per heavy atom. The first-order chi connectivity index (χ1) is 7.78. The standard InChI is InChI=1S/C12H25N3O/c1-2-14-6-7-16-12(9-14)10-15-5-3-4-11(13)8-15/h11-12H,2-10,13H2,1H3. The van der Waals surface area contributed by atoms with Crippen molar-refractivity contribution in [1.82, 2.24) is 9.80 Å². The molecule has 4 nitrogen and oxygen atoms in total. The minimum atomic E-state index is 0.375. The highest BCUT2D eigenvalue weighted by molar-refractivity contribution is 4.80. The fraction of sp³-hybridized carbons (Fsp3) is 1.00. The van der Waals surface area contributed by atoms with Crippen LogP contribution in [0, 0.1) is 0 Å². The summed E-state index contributed by atoms with van der Waals surface area (Å²) in [6.07, 6.45) is 2.81. The van der Waals surface area contributed by atoms with E-state index in [2.05, 4.69) is 16.7 Å². The van der Waals surface area contributed by atoms with E-state index >= 15 is 0 Å². The second-order valence-corrected chi connectivity index (χ2v) is 5.05. The SMILES string of the molecule is CCN1CCOC(CN2CCCC(N)C2)C1. The molecule has 0 aromatic heterocycles. The van der Waals surface area contributed by atoms with Crippen molar-refractivity contribution in [2.45, 2.75) is 31.9 Å². The molecule has 16 heavy (non-hydrogen) atoms. The lowest BCUT2D eigenvalue weighted by molar-refractivity contribution is -0.0444. The van der Waals surface area contributed by atoms with Gasteiger partial charge >= 0.3 is 0 Å². The second-order valence-electron chi connectivity index (χ2n) is 5.05. The number of nitrogens with two attached hydrogens (primary N) is 1. The molecule has 2 aliphatic heterocycles. The van der Waals surface area contributed by atoms with Crippen molar-refractivity contribution in [3.05, 3.63) is 0 Å². The molecule has 2 N–H and O–H groups in total. The Morgan fingerprint density at radius 2 is 2.12 bits per heavy atom. The topological polar surface area (TPSA) is 41.7 Å². The minimum absolute atomic E-state index is 0.375. The fourth-order valence-electron chi connectivity index (χ4n) is 2.72. The maximum absolute atomic E-state index is 5.99. The predicted octanol–water partition coefficient (Wildman–Crippen LogP) is 0.130. The van der Waals surface area contributed by atoms with Gasteiger partial charge < -0.3 is 10.5 Å². The molecule has 2 rings (SSSR count). The van der Waals surface area contributed by atoms with Gasteiger partial charge in [0.15, 0.2) is 0 Å². The Morgan fingerprint density at radius 1 is 1.25 bits per heavy atom. The summed E-state index contributed by atoms with van der Waals surface area (Å²) in [7, 11) is 0. The molecule has 2 saturated heterocycles. The summed E-state index contributed by atoms with van der Waals surface area (Å²) in [5.41, 5.74) is 5.99. The Bertz CT molecular complexity index is 212. The van der Waals surface area contributed by atoms with Gasteiger partial charge in [-0.3, -0.25) is 9.80 Å². The van der Waals surface area contributed by atoms with Gasteiger partial charge in [-0.05, 0) is 25.9 Å². The van der Waals surface area contributed by atoms with Crippen molar-refractivity contribution < 1.29 is 4.74 Å². The van der Waals surface area contributed by atoms with E-state index < -0.39 is 0 Å². The molecule has 0 radical (unpaired) electrons. The van der Waals surface area contributed by atoms with Crippen molar-refractivity contribution in [2.75, 3.05) is 45.9 Å². The lowest BCUT2D eigenvalue weighted by atomic mass is 10.1. The van der Waals surface area contributed by atoms with E-state index in [1.54, 1.807) is 0 Å². The molecular formula is C12H25N3O. The normalized spacial score (nSPS) is 34.1. The third kappa shape index (κ3) is 3.42. The minimum Gasteiger partial charge on any atom is -0.374 e. The zero-order valence-corrected chi connectivity index (χ0v) is 10.4. The van der Waals surface area contributed by atoms with E-state index in [1.807, 2.05) is 0 Å². The number of piperidine rings is 1. The Labute approximate surface area is 98.7 Å². The van der Waals surface area contributed by atoms with Gasteiger partial charge in [-0.2, -0.15) is 0 Å². The first kappa shape index (κ1) is 12.3. The van der Waals surface area contributed by atoms with Gasteiger partial charge in [0.1, 0.15) is 0 Å². The van der Waals surface area contributed by atoms with Gasteiger partial charge in [0.05, 0.1) is 12.7 Å². The number of likely N-dealkylation sites (N-methyl/N-ethyl adjacent to an activating group) is 1. The molecule has 2 heterocycles. The predicted molar refractivity (Wildman–Crippen MR) is 65.5 cm³/mol. The molecule has 2 fully saturated rings. The molecule has 0 bridgehead atoms. The summed E-state index contributed by atoms with van der Waals surface area (Å²) in [5, 5.41) is 0. The van der Waals surface area contributed by atoms with Crippen LogP contribution in [0.3, 0.4) is 0 Å². The fourth-order valence-corrected chi connectivity index (χ4v) is 2.72. The zero-order chi connectivity index (χ0) is 11.4. The molecule has 0 saturated carbocycles. The van der Waals surface area contributed by atoms with E-state index in [9.17, 15) is 0 Å². The molecule has 2 aliphatic rings. The summed E-state index contributed by atoms with van der Waals surface area (Å²) in [6, 6.07) is 0.375. The van der Waals surface area contributed by atoms with Crippen LogP contribution in [0.1, 0.15) is 19.8 Å². The molecule has 4 heteroatoms. The van der Waals surface area contributed by atoms with E-state index in [1.165, 1.54) is 19.4 Å². The average Bonchev–Trinajstić information content (AvgIpc) is 2.29. The van der Waals surface area contributed by atoms with E-state index in [-0.39, 0.29) is 0 Å². The number of hydrogen-bond donors (Lipinski definition) is 1. The number of hydrogen-bond acceptors (Lipinski definition) is 4. The number of ether oxygens (including phenoxy) is 1. The van der Waals surface area contributed by atoms with E-state index in [0.717, 1.165) is 39.3 Å². The molecule has 0 aromatic rings. The van der Waals surface area contributed by atoms with Crippen LogP contribution < -0.4 is 5.73 Å². The first-order valence-corrected chi connectivity index (χ1v) is 6.60. The van der Waals surface area contributed by atoms with Crippen LogP contribution in [0.15, 0.2) is 0 Å². The summed E-state index contributed by atoms with van der Waals surface area (Å²) in [6.45, 7) is 9.72. The molecule has 2 unspecified atom stereocenters. The number of likely N-dealkylation sites (tertiary alicyclic amines) is 1. The Balaban J connectivity index is 1.75. The third-order valence-electron chi connectivity index (χ3n) is 3.67. The molecule has 0 aromatic carbocycles. The summed E-state index contributed by atoms with van der Waals surface area (Å²) in [4.78, 5) is 4.94. The Kier molecular flexibility index (Phi) is 4.58. The lowest BCUT2D eigenvalue weighted by Gasteiger charge is -2.37. The Hall–Kier alpha value is -0.160. The largest absolute Gasteiger partial charge is 0.374 e. The maximum atomic E-state index is 5.99. The lowest BCUT2D eigenvalue weighted by Crippen LogP contribution is -2.51. The van der Waals surface area contributed by atoms with Crippen LogP contribution in [0.25, 0.3) is 0 Å². The average molecular weight is 227 g/mol. The highest BCUT2D eigenvalue weighted by Gasteiger charge is 2.24. The van der Waals surface area contributed by atoms with Crippen LogP contribution in [0.4, 0.5) is 0 Å².